The van der Waals surface area contributed by atoms with Crippen LogP contribution in [0, 0.1) is 0 Å². The SMILES string of the molecule is CC(C)(C)c1ccc(OCCOCC(O)C[N+]2(Cc3ccccc3)CCCC2)c(C(C)(C)C)c1. The van der Waals surface area contributed by atoms with Crippen LogP contribution in [0.3, 0.4) is 0 Å². The van der Waals surface area contributed by atoms with E-state index in [1.54, 1.807) is 0 Å². The number of aliphatic hydroxyl groups excluding tert-OH is 1. The number of ether oxygens (including phenoxy) is 2. The summed E-state index contributed by atoms with van der Waals surface area (Å²) in [6.07, 6.45) is 2.01. The molecular formula is C30H46NO3+. The molecule has 0 bridgehead atoms. The van der Waals surface area contributed by atoms with Gasteiger partial charge in [0.15, 0.2) is 0 Å². The summed E-state index contributed by atoms with van der Waals surface area (Å²) in [5.74, 6) is 0.925. The summed E-state index contributed by atoms with van der Waals surface area (Å²) >= 11 is 0. The maximum atomic E-state index is 10.7. The third-order valence-corrected chi connectivity index (χ3v) is 6.92. The van der Waals surface area contributed by atoms with E-state index in [1.807, 2.05) is 0 Å². The maximum Gasteiger partial charge on any atom is 0.126 e. The number of aliphatic hydroxyl groups is 1. The van der Waals surface area contributed by atoms with Gasteiger partial charge in [0.25, 0.3) is 0 Å². The Bertz CT molecular complexity index is 890. The van der Waals surface area contributed by atoms with E-state index in [9.17, 15) is 5.11 Å². The van der Waals surface area contributed by atoms with Gasteiger partial charge in [-0.05, 0) is 28.0 Å². The third-order valence-electron chi connectivity index (χ3n) is 6.92. The predicted octanol–water partition coefficient (Wildman–Crippen LogP) is 5.85. The van der Waals surface area contributed by atoms with Crippen LogP contribution in [0.2, 0.25) is 0 Å². The number of quaternary nitrogens is 1. The summed E-state index contributed by atoms with van der Waals surface area (Å²) in [5.41, 5.74) is 3.99. The summed E-state index contributed by atoms with van der Waals surface area (Å²) in [7, 11) is 0. The van der Waals surface area contributed by atoms with Crippen molar-refractivity contribution in [3.63, 3.8) is 0 Å². The van der Waals surface area contributed by atoms with Gasteiger partial charge in [-0.2, -0.15) is 0 Å². The summed E-state index contributed by atoms with van der Waals surface area (Å²) in [6.45, 7) is 18.7. The van der Waals surface area contributed by atoms with Crippen LogP contribution in [-0.2, 0) is 22.1 Å². The minimum absolute atomic E-state index is 0.0000838. The molecule has 1 heterocycles. The van der Waals surface area contributed by atoms with Crippen LogP contribution in [0.25, 0.3) is 0 Å². The number of benzene rings is 2. The van der Waals surface area contributed by atoms with Gasteiger partial charge >= 0.3 is 0 Å². The quantitative estimate of drug-likeness (QED) is 0.351. The molecule has 1 fully saturated rings. The first kappa shape index (κ1) is 26.7. The third kappa shape index (κ3) is 7.56. The number of hydrogen-bond donors (Lipinski definition) is 1. The molecule has 0 spiro atoms. The zero-order valence-electron chi connectivity index (χ0n) is 22.3. The van der Waals surface area contributed by atoms with Gasteiger partial charge in [-0.3, -0.25) is 0 Å². The number of rotatable bonds is 10. The van der Waals surface area contributed by atoms with Gasteiger partial charge in [0, 0.05) is 18.4 Å². The lowest BCUT2D eigenvalue weighted by Gasteiger charge is -2.36. The second-order valence-electron chi connectivity index (χ2n) is 12.1. The Labute approximate surface area is 207 Å². The van der Waals surface area contributed by atoms with Crippen LogP contribution in [0.1, 0.15) is 71.1 Å². The normalized spacial score (nSPS) is 17.0. The Balaban J connectivity index is 1.49. The highest BCUT2D eigenvalue weighted by Gasteiger charge is 2.34. The van der Waals surface area contributed by atoms with Crippen molar-refractivity contribution in [2.45, 2.75) is 77.9 Å². The molecule has 4 nitrogen and oxygen atoms in total. The van der Waals surface area contributed by atoms with E-state index in [1.165, 1.54) is 29.5 Å². The second-order valence-corrected chi connectivity index (χ2v) is 12.1. The largest absolute Gasteiger partial charge is 0.491 e. The first-order valence-electron chi connectivity index (χ1n) is 12.9. The molecule has 1 aliphatic heterocycles. The highest BCUT2D eigenvalue weighted by atomic mass is 16.5. The zero-order chi connectivity index (χ0) is 24.8. The molecular weight excluding hydrogens is 422 g/mol. The Morgan fingerprint density at radius 1 is 0.882 bits per heavy atom. The molecule has 0 aliphatic carbocycles. The molecule has 1 unspecified atom stereocenters. The molecule has 3 rings (SSSR count). The first-order valence-corrected chi connectivity index (χ1v) is 12.9. The number of nitrogens with zero attached hydrogens (tertiary/aromatic N) is 1. The van der Waals surface area contributed by atoms with E-state index >= 15 is 0 Å². The molecule has 2 aromatic rings. The Morgan fingerprint density at radius 3 is 2.18 bits per heavy atom. The molecule has 188 valence electrons. The van der Waals surface area contributed by atoms with Crippen molar-refractivity contribution in [2.75, 3.05) is 39.5 Å². The minimum atomic E-state index is -0.460. The van der Waals surface area contributed by atoms with E-state index in [2.05, 4.69) is 90.1 Å². The second kappa shape index (κ2) is 11.2. The summed E-state index contributed by atoms with van der Waals surface area (Å²) in [6, 6.07) is 17.2. The predicted molar refractivity (Wildman–Crippen MR) is 140 cm³/mol. The zero-order valence-corrected chi connectivity index (χ0v) is 22.3. The van der Waals surface area contributed by atoms with Gasteiger partial charge in [-0.15, -0.1) is 0 Å². The van der Waals surface area contributed by atoms with Crippen molar-refractivity contribution < 1.29 is 19.1 Å². The standard InChI is InChI=1S/C30H46NO3/c1-29(2,3)25-14-15-28(27(20-25)30(4,5)6)34-19-18-33-23-26(32)22-31(16-10-11-17-31)21-24-12-8-7-9-13-24/h7-9,12-15,20,26,32H,10-11,16-19,21-23H2,1-6H3/q+1. The average molecular weight is 469 g/mol. The van der Waals surface area contributed by atoms with Gasteiger partial charge in [-0.1, -0.05) is 84.0 Å². The monoisotopic (exact) mass is 468 g/mol. The fraction of sp³-hybridized carbons (Fsp3) is 0.600. The van der Waals surface area contributed by atoms with Gasteiger partial charge in [-0.25, -0.2) is 0 Å². The van der Waals surface area contributed by atoms with Crippen LogP contribution in [0.15, 0.2) is 48.5 Å². The van der Waals surface area contributed by atoms with Crippen molar-refractivity contribution in [3.05, 3.63) is 65.2 Å². The van der Waals surface area contributed by atoms with Crippen LogP contribution < -0.4 is 4.74 Å². The maximum absolute atomic E-state index is 10.7. The molecule has 1 atom stereocenters. The number of likely N-dealkylation sites (tertiary alicyclic amines) is 1. The molecule has 0 aromatic heterocycles. The van der Waals surface area contributed by atoms with Gasteiger partial charge in [0.05, 0.1) is 26.3 Å². The molecule has 2 aromatic carbocycles. The lowest BCUT2D eigenvalue weighted by Crippen LogP contribution is -2.50. The fourth-order valence-corrected chi connectivity index (χ4v) is 5.02. The van der Waals surface area contributed by atoms with E-state index < -0.39 is 6.10 Å². The Morgan fingerprint density at radius 2 is 1.56 bits per heavy atom. The molecule has 0 saturated carbocycles. The average Bonchev–Trinajstić information content (AvgIpc) is 3.20. The van der Waals surface area contributed by atoms with Crippen molar-refractivity contribution >= 4 is 0 Å². The molecule has 34 heavy (non-hydrogen) atoms. The molecule has 1 aliphatic rings. The highest BCUT2D eigenvalue weighted by Crippen LogP contribution is 2.35. The molecule has 0 radical (unpaired) electrons. The van der Waals surface area contributed by atoms with E-state index in [4.69, 9.17) is 9.47 Å². The van der Waals surface area contributed by atoms with E-state index in [-0.39, 0.29) is 10.8 Å². The summed E-state index contributed by atoms with van der Waals surface area (Å²) in [4.78, 5) is 0. The van der Waals surface area contributed by atoms with Crippen molar-refractivity contribution in [1.82, 2.24) is 0 Å². The summed E-state index contributed by atoms with van der Waals surface area (Å²) < 4.78 is 12.9. The van der Waals surface area contributed by atoms with Crippen LogP contribution in [0.5, 0.6) is 5.75 Å². The van der Waals surface area contributed by atoms with Crippen molar-refractivity contribution in [3.8, 4) is 5.75 Å². The van der Waals surface area contributed by atoms with Gasteiger partial charge in [0.2, 0.25) is 0 Å². The lowest BCUT2D eigenvalue weighted by molar-refractivity contribution is -0.932. The van der Waals surface area contributed by atoms with Crippen LogP contribution in [-0.4, -0.2) is 55.1 Å². The topological polar surface area (TPSA) is 38.7 Å². The highest BCUT2D eigenvalue weighted by molar-refractivity contribution is 5.43. The molecule has 0 amide bonds. The van der Waals surface area contributed by atoms with Crippen LogP contribution >= 0.6 is 0 Å². The molecule has 1 saturated heterocycles. The Kier molecular flexibility index (Phi) is 8.83. The minimum Gasteiger partial charge on any atom is -0.491 e. The first-order chi connectivity index (χ1) is 16.0. The lowest BCUT2D eigenvalue weighted by atomic mass is 9.80. The van der Waals surface area contributed by atoms with Crippen LogP contribution in [0.4, 0.5) is 0 Å². The van der Waals surface area contributed by atoms with Gasteiger partial charge < -0.3 is 19.1 Å². The van der Waals surface area contributed by atoms with E-state index in [0.29, 0.717) is 19.8 Å². The smallest absolute Gasteiger partial charge is 0.126 e. The van der Waals surface area contributed by atoms with Crippen molar-refractivity contribution in [2.24, 2.45) is 0 Å². The summed E-state index contributed by atoms with van der Waals surface area (Å²) in [5, 5.41) is 10.7. The number of hydrogen-bond acceptors (Lipinski definition) is 3. The Hall–Kier alpha value is -1.88. The van der Waals surface area contributed by atoms with E-state index in [0.717, 1.165) is 36.4 Å². The molecule has 1 N–H and O–H groups in total. The fourth-order valence-electron chi connectivity index (χ4n) is 5.02. The van der Waals surface area contributed by atoms with Gasteiger partial charge in [0.1, 0.15) is 31.5 Å². The molecule has 4 heteroatoms. The van der Waals surface area contributed by atoms with Crippen molar-refractivity contribution in [1.29, 1.82) is 0 Å².